The van der Waals surface area contributed by atoms with Gasteiger partial charge < -0.3 is 10.3 Å². The van der Waals surface area contributed by atoms with Crippen LogP contribution in [0.15, 0.2) is 60.8 Å². The zero-order chi connectivity index (χ0) is 18.8. The number of carbonyl (C=O) groups is 1. The highest BCUT2D eigenvalue weighted by Gasteiger charge is 2.09. The normalized spacial score (nSPS) is 10.9. The molecular weight excluding hydrogens is 350 g/mol. The number of aromatic nitrogens is 3. The van der Waals surface area contributed by atoms with E-state index in [9.17, 15) is 13.6 Å². The first kappa shape index (κ1) is 16.8. The molecule has 0 saturated heterocycles. The zero-order valence-electron chi connectivity index (χ0n) is 14.0. The van der Waals surface area contributed by atoms with Crippen molar-refractivity contribution in [2.75, 3.05) is 0 Å². The van der Waals surface area contributed by atoms with Gasteiger partial charge in [-0.05, 0) is 36.4 Å². The summed E-state index contributed by atoms with van der Waals surface area (Å²) in [5.41, 5.74) is 2.78. The van der Waals surface area contributed by atoms with Gasteiger partial charge in [0, 0.05) is 17.8 Å². The van der Waals surface area contributed by atoms with Crippen molar-refractivity contribution in [1.29, 1.82) is 0 Å². The number of hydrogen-bond donors (Lipinski definition) is 2. The van der Waals surface area contributed by atoms with Crippen LogP contribution in [0.1, 0.15) is 16.2 Å². The average Bonchev–Trinajstić information content (AvgIpc) is 3.08. The first-order valence-electron chi connectivity index (χ1n) is 8.23. The van der Waals surface area contributed by atoms with Crippen molar-refractivity contribution in [2.45, 2.75) is 6.54 Å². The summed E-state index contributed by atoms with van der Waals surface area (Å²) in [6.07, 6.45) is 1.43. The van der Waals surface area contributed by atoms with E-state index in [2.05, 4.69) is 20.3 Å². The zero-order valence-corrected chi connectivity index (χ0v) is 14.0. The highest BCUT2D eigenvalue weighted by atomic mass is 19.1. The number of nitrogens with one attached hydrogen (secondary N) is 2. The van der Waals surface area contributed by atoms with Crippen LogP contribution in [0.25, 0.3) is 22.3 Å². The Morgan fingerprint density at radius 2 is 1.89 bits per heavy atom. The molecule has 27 heavy (non-hydrogen) atoms. The highest BCUT2D eigenvalue weighted by Crippen LogP contribution is 2.18. The summed E-state index contributed by atoms with van der Waals surface area (Å²) in [7, 11) is 0. The Morgan fingerprint density at radius 3 is 2.67 bits per heavy atom. The van der Waals surface area contributed by atoms with Gasteiger partial charge in [-0.2, -0.15) is 0 Å². The maximum atomic E-state index is 13.3. The summed E-state index contributed by atoms with van der Waals surface area (Å²) >= 11 is 0. The number of fused-ring (bicyclic) bond motifs is 1. The third kappa shape index (κ3) is 3.67. The summed E-state index contributed by atoms with van der Waals surface area (Å²) in [4.78, 5) is 23.8. The van der Waals surface area contributed by atoms with Crippen LogP contribution in [0.4, 0.5) is 8.78 Å². The molecule has 0 spiro atoms. The molecule has 0 unspecified atom stereocenters. The van der Waals surface area contributed by atoms with Crippen LogP contribution in [0.3, 0.4) is 0 Å². The molecule has 0 radical (unpaired) electrons. The first-order chi connectivity index (χ1) is 13.1. The van der Waals surface area contributed by atoms with Crippen LogP contribution in [-0.4, -0.2) is 20.9 Å². The molecule has 0 aliphatic rings. The van der Waals surface area contributed by atoms with E-state index in [-0.39, 0.29) is 24.1 Å². The summed E-state index contributed by atoms with van der Waals surface area (Å²) < 4.78 is 26.5. The number of H-pyrrole nitrogens is 1. The molecule has 2 aromatic heterocycles. The van der Waals surface area contributed by atoms with Gasteiger partial charge in [-0.1, -0.05) is 12.1 Å². The van der Waals surface area contributed by atoms with Crippen molar-refractivity contribution < 1.29 is 13.6 Å². The highest BCUT2D eigenvalue weighted by molar-refractivity contribution is 5.94. The minimum atomic E-state index is -0.367. The SMILES string of the molecule is O=C(NCc1nc2cc(F)ccc2[nH]1)c1ccc(-c2cccc(F)c2)nc1. The maximum absolute atomic E-state index is 13.3. The number of hydrogen-bond acceptors (Lipinski definition) is 3. The van der Waals surface area contributed by atoms with Crippen LogP contribution >= 0.6 is 0 Å². The Balaban J connectivity index is 1.44. The van der Waals surface area contributed by atoms with Gasteiger partial charge in [0.2, 0.25) is 0 Å². The van der Waals surface area contributed by atoms with Crippen LogP contribution in [0, 0.1) is 11.6 Å². The molecule has 0 aliphatic heterocycles. The molecule has 0 saturated carbocycles. The van der Waals surface area contributed by atoms with E-state index in [0.717, 1.165) is 0 Å². The molecule has 4 aromatic rings. The lowest BCUT2D eigenvalue weighted by Crippen LogP contribution is -2.23. The van der Waals surface area contributed by atoms with E-state index in [1.807, 2.05) is 0 Å². The van der Waals surface area contributed by atoms with Crippen LogP contribution < -0.4 is 5.32 Å². The van der Waals surface area contributed by atoms with Gasteiger partial charge in [-0.15, -0.1) is 0 Å². The minimum Gasteiger partial charge on any atom is -0.345 e. The van der Waals surface area contributed by atoms with Crippen LogP contribution in [0.5, 0.6) is 0 Å². The molecule has 5 nitrogen and oxygen atoms in total. The molecule has 2 aromatic carbocycles. The monoisotopic (exact) mass is 364 g/mol. The number of carbonyl (C=O) groups excluding carboxylic acids is 1. The van der Waals surface area contributed by atoms with Gasteiger partial charge in [0.15, 0.2) is 0 Å². The smallest absolute Gasteiger partial charge is 0.253 e. The lowest BCUT2D eigenvalue weighted by Gasteiger charge is -2.05. The number of aromatic amines is 1. The van der Waals surface area contributed by atoms with Crippen molar-refractivity contribution in [3.8, 4) is 11.3 Å². The summed E-state index contributed by atoms with van der Waals surface area (Å²) in [6, 6.07) is 13.6. The second-order valence-corrected chi connectivity index (χ2v) is 5.97. The van der Waals surface area contributed by atoms with Crippen LogP contribution in [0.2, 0.25) is 0 Å². The quantitative estimate of drug-likeness (QED) is 0.578. The maximum Gasteiger partial charge on any atom is 0.253 e. The predicted molar refractivity (Wildman–Crippen MR) is 96.9 cm³/mol. The Bertz CT molecular complexity index is 1120. The van der Waals surface area contributed by atoms with Crippen molar-refractivity contribution in [2.24, 2.45) is 0 Å². The number of imidazole rings is 1. The number of amides is 1. The van der Waals surface area contributed by atoms with Gasteiger partial charge in [0.25, 0.3) is 5.91 Å². The third-order valence-corrected chi connectivity index (χ3v) is 4.06. The van der Waals surface area contributed by atoms with E-state index >= 15 is 0 Å². The Labute approximate surface area is 153 Å². The Kier molecular flexibility index (Phi) is 4.33. The topological polar surface area (TPSA) is 70.7 Å². The summed E-state index contributed by atoms with van der Waals surface area (Å²) in [6.45, 7) is 0.167. The first-order valence-corrected chi connectivity index (χ1v) is 8.23. The summed E-state index contributed by atoms with van der Waals surface area (Å²) in [5.74, 6) is -0.510. The van der Waals surface area contributed by atoms with E-state index in [0.29, 0.717) is 33.7 Å². The number of rotatable bonds is 4. The molecule has 2 heterocycles. The second kappa shape index (κ2) is 6.95. The molecule has 0 fully saturated rings. The van der Waals surface area contributed by atoms with E-state index in [4.69, 9.17) is 0 Å². The fourth-order valence-corrected chi connectivity index (χ4v) is 2.73. The van der Waals surface area contributed by atoms with Gasteiger partial charge in [0.05, 0.1) is 28.8 Å². The number of halogens is 2. The van der Waals surface area contributed by atoms with Crippen LogP contribution in [-0.2, 0) is 6.54 Å². The fourth-order valence-electron chi connectivity index (χ4n) is 2.73. The largest absolute Gasteiger partial charge is 0.345 e. The van der Waals surface area contributed by atoms with Gasteiger partial charge in [0.1, 0.15) is 17.5 Å². The van der Waals surface area contributed by atoms with Crippen molar-refractivity contribution >= 4 is 16.9 Å². The van der Waals surface area contributed by atoms with Crippen molar-refractivity contribution in [3.05, 3.63) is 83.8 Å². The molecule has 0 atom stereocenters. The molecule has 2 N–H and O–H groups in total. The molecule has 0 aliphatic carbocycles. The fraction of sp³-hybridized carbons (Fsp3) is 0.0500. The van der Waals surface area contributed by atoms with Crippen molar-refractivity contribution in [3.63, 3.8) is 0 Å². The van der Waals surface area contributed by atoms with E-state index in [1.54, 1.807) is 30.3 Å². The van der Waals surface area contributed by atoms with Gasteiger partial charge in [-0.3, -0.25) is 9.78 Å². The predicted octanol–water partition coefficient (Wildman–Crippen LogP) is 3.83. The summed E-state index contributed by atoms with van der Waals surface area (Å²) in [5, 5.41) is 2.73. The molecule has 7 heteroatoms. The second-order valence-electron chi connectivity index (χ2n) is 5.97. The van der Waals surface area contributed by atoms with E-state index < -0.39 is 0 Å². The Morgan fingerprint density at radius 1 is 1.04 bits per heavy atom. The Hall–Kier alpha value is -3.61. The molecular formula is C20H14F2N4O. The lowest BCUT2D eigenvalue weighted by molar-refractivity contribution is 0.0949. The molecule has 4 rings (SSSR count). The lowest BCUT2D eigenvalue weighted by atomic mass is 10.1. The third-order valence-electron chi connectivity index (χ3n) is 4.06. The molecule has 1 amide bonds. The standard InChI is InChI=1S/C20H14F2N4O/c21-14-3-1-2-12(8-14)16-6-4-13(10-23-16)20(27)24-11-19-25-17-7-5-15(22)9-18(17)26-19/h1-10H,11H2,(H,24,27)(H,25,26). The minimum absolute atomic E-state index is 0.167. The number of benzene rings is 2. The van der Waals surface area contributed by atoms with Gasteiger partial charge >= 0.3 is 0 Å². The van der Waals surface area contributed by atoms with Crippen molar-refractivity contribution in [1.82, 2.24) is 20.3 Å². The van der Waals surface area contributed by atoms with Gasteiger partial charge in [-0.25, -0.2) is 13.8 Å². The number of pyridine rings is 1. The van der Waals surface area contributed by atoms with E-state index in [1.165, 1.54) is 30.5 Å². The number of nitrogens with zero attached hydrogens (tertiary/aromatic N) is 2. The average molecular weight is 364 g/mol. The molecule has 0 bridgehead atoms. The molecule has 134 valence electrons.